The Kier molecular flexibility index (Phi) is 3.49. The molecule has 2 aliphatic rings. The highest BCUT2D eigenvalue weighted by Crippen LogP contribution is 2.44. The first-order valence-corrected chi connectivity index (χ1v) is 7.21. The number of methoxy groups -OCH3 is 1. The number of rotatable bonds is 6. The highest BCUT2D eigenvalue weighted by atomic mass is 35.5. The summed E-state index contributed by atoms with van der Waals surface area (Å²) in [6, 6.07) is 6.55. The normalized spacial score (nSPS) is 19.3. The van der Waals surface area contributed by atoms with E-state index in [0.717, 1.165) is 34.7 Å². The van der Waals surface area contributed by atoms with Gasteiger partial charge in [-0.1, -0.05) is 11.6 Å². The van der Waals surface area contributed by atoms with Crippen molar-refractivity contribution < 1.29 is 4.74 Å². The minimum Gasteiger partial charge on any atom is -0.496 e. The van der Waals surface area contributed by atoms with E-state index in [1.165, 1.54) is 25.7 Å². The summed E-state index contributed by atoms with van der Waals surface area (Å²) in [4.78, 5) is 0. The number of hydrogen-bond acceptors (Lipinski definition) is 2. The van der Waals surface area contributed by atoms with Gasteiger partial charge in [0, 0.05) is 23.2 Å². The summed E-state index contributed by atoms with van der Waals surface area (Å²) in [7, 11) is 1.71. The molecule has 0 bridgehead atoms. The van der Waals surface area contributed by atoms with Gasteiger partial charge in [-0.25, -0.2) is 0 Å². The summed E-state index contributed by atoms with van der Waals surface area (Å²) in [6.07, 6.45) is 5.61. The molecule has 0 aliphatic heterocycles. The van der Waals surface area contributed by atoms with Gasteiger partial charge in [0.05, 0.1) is 7.11 Å². The molecule has 0 radical (unpaired) electrons. The van der Waals surface area contributed by atoms with Crippen LogP contribution >= 0.6 is 11.6 Å². The lowest BCUT2D eigenvalue weighted by Gasteiger charge is -2.18. The third kappa shape index (κ3) is 2.81. The predicted molar refractivity (Wildman–Crippen MR) is 74.1 cm³/mol. The molecule has 0 unspecified atom stereocenters. The molecule has 1 aromatic rings. The monoisotopic (exact) mass is 265 g/mol. The molecule has 18 heavy (non-hydrogen) atoms. The van der Waals surface area contributed by atoms with Crippen molar-refractivity contribution in [3.8, 4) is 5.75 Å². The van der Waals surface area contributed by atoms with Crippen molar-refractivity contribution in [3.05, 3.63) is 28.8 Å². The topological polar surface area (TPSA) is 21.3 Å². The van der Waals surface area contributed by atoms with Gasteiger partial charge in [0.15, 0.2) is 0 Å². The second-order valence-corrected chi connectivity index (χ2v) is 5.97. The quantitative estimate of drug-likeness (QED) is 0.848. The standard InChI is InChI=1S/C15H20ClNO/c1-18-14-7-6-13(16)8-12(14)9-17-15(10-2-3-10)11-4-5-11/h6-8,10-11,15,17H,2-5,9H2,1H3. The largest absolute Gasteiger partial charge is 0.496 e. The van der Waals surface area contributed by atoms with Gasteiger partial charge >= 0.3 is 0 Å². The maximum atomic E-state index is 6.06. The summed E-state index contributed by atoms with van der Waals surface area (Å²) in [6.45, 7) is 0.862. The van der Waals surface area contributed by atoms with E-state index in [1.807, 2.05) is 18.2 Å². The lowest BCUT2D eigenvalue weighted by Crippen LogP contribution is -2.32. The van der Waals surface area contributed by atoms with Crippen LogP contribution in [0.3, 0.4) is 0 Å². The van der Waals surface area contributed by atoms with Crippen molar-refractivity contribution in [1.29, 1.82) is 0 Å². The van der Waals surface area contributed by atoms with Crippen LogP contribution in [-0.4, -0.2) is 13.2 Å². The molecular formula is C15H20ClNO. The summed E-state index contributed by atoms with van der Waals surface area (Å²) in [5.74, 6) is 2.77. The van der Waals surface area contributed by atoms with Crippen molar-refractivity contribution >= 4 is 11.6 Å². The molecule has 0 atom stereocenters. The number of hydrogen-bond donors (Lipinski definition) is 1. The van der Waals surface area contributed by atoms with Crippen LogP contribution in [0.25, 0.3) is 0 Å². The molecule has 1 N–H and O–H groups in total. The molecular weight excluding hydrogens is 246 g/mol. The Morgan fingerprint density at radius 3 is 2.50 bits per heavy atom. The molecule has 2 saturated carbocycles. The van der Waals surface area contributed by atoms with Crippen LogP contribution in [0, 0.1) is 11.8 Å². The fourth-order valence-corrected chi connectivity index (χ4v) is 2.94. The van der Waals surface area contributed by atoms with Crippen LogP contribution in [0.5, 0.6) is 5.75 Å². The zero-order valence-corrected chi connectivity index (χ0v) is 11.5. The highest BCUT2D eigenvalue weighted by molar-refractivity contribution is 6.30. The van der Waals surface area contributed by atoms with Crippen molar-refractivity contribution in [3.63, 3.8) is 0 Å². The van der Waals surface area contributed by atoms with Gasteiger partial charge in [0.1, 0.15) is 5.75 Å². The summed E-state index contributed by atoms with van der Waals surface area (Å²) >= 11 is 6.06. The van der Waals surface area contributed by atoms with Crippen molar-refractivity contribution in [2.45, 2.75) is 38.3 Å². The molecule has 2 aliphatic carbocycles. The average Bonchev–Trinajstić information content (AvgIpc) is 3.24. The molecule has 1 aromatic carbocycles. The molecule has 98 valence electrons. The van der Waals surface area contributed by atoms with Crippen LogP contribution in [-0.2, 0) is 6.54 Å². The molecule has 0 heterocycles. The zero-order chi connectivity index (χ0) is 12.5. The molecule has 2 nitrogen and oxygen atoms in total. The Morgan fingerprint density at radius 1 is 1.28 bits per heavy atom. The first-order chi connectivity index (χ1) is 8.78. The highest BCUT2D eigenvalue weighted by Gasteiger charge is 2.40. The lowest BCUT2D eigenvalue weighted by atomic mass is 10.1. The van der Waals surface area contributed by atoms with E-state index in [-0.39, 0.29) is 0 Å². The maximum absolute atomic E-state index is 6.06. The van der Waals surface area contributed by atoms with Crippen molar-refractivity contribution in [1.82, 2.24) is 5.32 Å². The van der Waals surface area contributed by atoms with Crippen LogP contribution in [0.15, 0.2) is 18.2 Å². The summed E-state index contributed by atoms with van der Waals surface area (Å²) in [5.41, 5.74) is 1.16. The Morgan fingerprint density at radius 2 is 1.94 bits per heavy atom. The number of nitrogens with one attached hydrogen (secondary N) is 1. The molecule has 0 amide bonds. The van der Waals surface area contributed by atoms with Gasteiger partial charge in [-0.15, -0.1) is 0 Å². The van der Waals surface area contributed by atoms with E-state index < -0.39 is 0 Å². The molecule has 2 fully saturated rings. The Labute approximate surface area is 114 Å². The smallest absolute Gasteiger partial charge is 0.123 e. The molecule has 3 heteroatoms. The fraction of sp³-hybridized carbons (Fsp3) is 0.600. The third-order valence-electron chi connectivity index (χ3n) is 4.03. The molecule has 3 rings (SSSR count). The van der Waals surface area contributed by atoms with Crippen LogP contribution in [0.4, 0.5) is 0 Å². The minimum absolute atomic E-state index is 0.716. The molecule has 0 aromatic heterocycles. The first-order valence-electron chi connectivity index (χ1n) is 6.83. The van der Waals surface area contributed by atoms with E-state index in [2.05, 4.69) is 5.32 Å². The van der Waals surface area contributed by atoms with Gasteiger partial charge < -0.3 is 10.1 Å². The SMILES string of the molecule is COc1ccc(Cl)cc1CNC(C1CC1)C1CC1. The van der Waals surface area contributed by atoms with Gasteiger partial charge in [-0.3, -0.25) is 0 Å². The second-order valence-electron chi connectivity index (χ2n) is 5.54. The van der Waals surface area contributed by atoms with Gasteiger partial charge in [0.25, 0.3) is 0 Å². The van der Waals surface area contributed by atoms with Gasteiger partial charge in [-0.2, -0.15) is 0 Å². The average molecular weight is 266 g/mol. The van der Waals surface area contributed by atoms with Crippen molar-refractivity contribution in [2.75, 3.05) is 7.11 Å². The van der Waals surface area contributed by atoms with Crippen LogP contribution in [0.2, 0.25) is 5.02 Å². The Balaban J connectivity index is 1.65. The van der Waals surface area contributed by atoms with Crippen LogP contribution < -0.4 is 10.1 Å². The molecule has 0 saturated heterocycles. The van der Waals surface area contributed by atoms with Gasteiger partial charge in [0.2, 0.25) is 0 Å². The van der Waals surface area contributed by atoms with Crippen LogP contribution in [0.1, 0.15) is 31.2 Å². The fourth-order valence-electron chi connectivity index (χ4n) is 2.74. The zero-order valence-electron chi connectivity index (χ0n) is 10.8. The minimum atomic E-state index is 0.716. The lowest BCUT2D eigenvalue weighted by molar-refractivity contribution is 0.390. The van der Waals surface area contributed by atoms with E-state index in [0.29, 0.717) is 6.04 Å². The summed E-state index contributed by atoms with van der Waals surface area (Å²) in [5, 5.41) is 4.50. The van der Waals surface area contributed by atoms with E-state index >= 15 is 0 Å². The van der Waals surface area contributed by atoms with E-state index in [9.17, 15) is 0 Å². The number of benzene rings is 1. The van der Waals surface area contributed by atoms with Gasteiger partial charge in [-0.05, 0) is 55.7 Å². The second kappa shape index (κ2) is 5.10. The van der Waals surface area contributed by atoms with E-state index in [4.69, 9.17) is 16.3 Å². The first kappa shape index (κ1) is 12.3. The number of ether oxygens (including phenoxy) is 1. The summed E-state index contributed by atoms with van der Waals surface area (Å²) < 4.78 is 5.39. The maximum Gasteiger partial charge on any atom is 0.123 e. The third-order valence-corrected chi connectivity index (χ3v) is 4.27. The predicted octanol–water partition coefficient (Wildman–Crippen LogP) is 3.63. The Bertz CT molecular complexity index is 415. The number of halogens is 1. The Hall–Kier alpha value is -0.730. The van der Waals surface area contributed by atoms with Crippen molar-refractivity contribution in [2.24, 2.45) is 11.8 Å². The van der Waals surface area contributed by atoms with E-state index in [1.54, 1.807) is 7.11 Å². The molecule has 0 spiro atoms.